The molecule has 2 nitrogen and oxygen atoms in total. The summed E-state index contributed by atoms with van der Waals surface area (Å²) in [6.45, 7) is 6.93. The minimum absolute atomic E-state index is 0.244. The fraction of sp³-hybridized carbons (Fsp3) is 1.00. The summed E-state index contributed by atoms with van der Waals surface area (Å²) >= 11 is 0. The lowest BCUT2D eigenvalue weighted by Gasteiger charge is -2.37. The molecule has 0 saturated heterocycles. The highest BCUT2D eigenvalue weighted by Crippen LogP contribution is 2.28. The van der Waals surface area contributed by atoms with Crippen molar-refractivity contribution >= 4 is 0 Å². The minimum atomic E-state index is 0.244. The Balaban J connectivity index is 2.43. The predicted molar refractivity (Wildman–Crippen MR) is 55.7 cm³/mol. The lowest BCUT2D eigenvalue weighted by molar-refractivity contribution is 0.166. The molecule has 0 heterocycles. The third kappa shape index (κ3) is 2.96. The van der Waals surface area contributed by atoms with E-state index in [2.05, 4.69) is 19.2 Å². The summed E-state index contributed by atoms with van der Waals surface area (Å²) in [5.41, 5.74) is 0. The van der Waals surface area contributed by atoms with E-state index in [0.29, 0.717) is 6.04 Å². The van der Waals surface area contributed by atoms with E-state index in [1.54, 1.807) is 0 Å². The first-order chi connectivity index (χ1) is 6.15. The van der Waals surface area contributed by atoms with Crippen LogP contribution in [0.2, 0.25) is 0 Å². The second kappa shape index (κ2) is 4.97. The standard InChI is InChI=1S/C11H23NO/c1-8-5-4-6-9(2)11(8)12-10(3)7-13/h8-13H,4-7H2,1-3H3/t8-,9-,10+/m1/s1. The molecule has 0 unspecified atom stereocenters. The first kappa shape index (κ1) is 11.0. The normalized spacial score (nSPS) is 33.2. The fourth-order valence-electron chi connectivity index (χ4n) is 2.39. The molecule has 2 heteroatoms. The molecule has 0 aliphatic heterocycles. The molecule has 0 aromatic rings. The summed E-state index contributed by atoms with van der Waals surface area (Å²) in [5.74, 6) is 1.52. The molecule has 0 aromatic heterocycles. The van der Waals surface area contributed by atoms with Crippen molar-refractivity contribution in [1.29, 1.82) is 0 Å². The van der Waals surface area contributed by atoms with E-state index in [1.807, 2.05) is 6.92 Å². The molecule has 1 aliphatic carbocycles. The summed E-state index contributed by atoms with van der Waals surface area (Å²) in [6, 6.07) is 0.851. The van der Waals surface area contributed by atoms with Crippen molar-refractivity contribution in [3.63, 3.8) is 0 Å². The first-order valence-corrected chi connectivity index (χ1v) is 5.52. The van der Waals surface area contributed by atoms with Crippen molar-refractivity contribution in [2.24, 2.45) is 11.8 Å². The molecule has 1 fully saturated rings. The lowest BCUT2D eigenvalue weighted by Crippen LogP contribution is -2.47. The molecular weight excluding hydrogens is 162 g/mol. The lowest BCUT2D eigenvalue weighted by atomic mass is 9.78. The summed E-state index contributed by atoms with van der Waals surface area (Å²) < 4.78 is 0. The summed E-state index contributed by atoms with van der Waals surface area (Å²) in [6.07, 6.45) is 4.04. The van der Waals surface area contributed by atoms with E-state index in [4.69, 9.17) is 5.11 Å². The van der Waals surface area contributed by atoms with Crippen LogP contribution in [0.4, 0.5) is 0 Å². The fourth-order valence-corrected chi connectivity index (χ4v) is 2.39. The van der Waals surface area contributed by atoms with Crippen LogP contribution in [0.1, 0.15) is 40.0 Å². The van der Waals surface area contributed by atoms with Crippen LogP contribution < -0.4 is 5.32 Å². The van der Waals surface area contributed by atoms with Crippen LogP contribution >= 0.6 is 0 Å². The Bertz CT molecular complexity index is 139. The Hall–Kier alpha value is -0.0800. The minimum Gasteiger partial charge on any atom is -0.395 e. The highest BCUT2D eigenvalue weighted by atomic mass is 16.3. The van der Waals surface area contributed by atoms with Gasteiger partial charge in [-0.15, -0.1) is 0 Å². The molecule has 0 aromatic carbocycles. The van der Waals surface area contributed by atoms with E-state index in [-0.39, 0.29) is 12.6 Å². The van der Waals surface area contributed by atoms with Gasteiger partial charge in [0.25, 0.3) is 0 Å². The summed E-state index contributed by atoms with van der Waals surface area (Å²) in [5, 5.41) is 12.5. The Morgan fingerprint density at radius 1 is 1.31 bits per heavy atom. The third-order valence-electron chi connectivity index (χ3n) is 3.30. The monoisotopic (exact) mass is 185 g/mol. The van der Waals surface area contributed by atoms with Gasteiger partial charge >= 0.3 is 0 Å². The van der Waals surface area contributed by atoms with Gasteiger partial charge < -0.3 is 10.4 Å². The van der Waals surface area contributed by atoms with Gasteiger partial charge in [-0.2, -0.15) is 0 Å². The second-order valence-electron chi connectivity index (χ2n) is 4.66. The van der Waals surface area contributed by atoms with Crippen molar-refractivity contribution in [2.45, 2.75) is 52.1 Å². The number of hydrogen-bond donors (Lipinski definition) is 2. The van der Waals surface area contributed by atoms with Gasteiger partial charge in [0.1, 0.15) is 0 Å². The SMILES string of the molecule is C[C@@H]1CCC[C@@H](C)C1N[C@@H](C)CO. The molecule has 13 heavy (non-hydrogen) atoms. The van der Waals surface area contributed by atoms with Crippen LogP contribution in [0.5, 0.6) is 0 Å². The van der Waals surface area contributed by atoms with Gasteiger partial charge in [0.2, 0.25) is 0 Å². The Labute approximate surface area is 81.7 Å². The molecule has 0 radical (unpaired) electrons. The summed E-state index contributed by atoms with van der Waals surface area (Å²) in [7, 11) is 0. The molecule has 0 bridgehead atoms. The number of hydrogen-bond acceptors (Lipinski definition) is 2. The average Bonchev–Trinajstić information content (AvgIpc) is 2.11. The van der Waals surface area contributed by atoms with Gasteiger partial charge in [-0.25, -0.2) is 0 Å². The highest BCUT2D eigenvalue weighted by Gasteiger charge is 2.27. The van der Waals surface area contributed by atoms with Crippen molar-refractivity contribution in [3.05, 3.63) is 0 Å². The molecule has 78 valence electrons. The van der Waals surface area contributed by atoms with Crippen LogP contribution in [0, 0.1) is 11.8 Å². The number of aliphatic hydroxyl groups is 1. The van der Waals surface area contributed by atoms with Crippen molar-refractivity contribution in [3.8, 4) is 0 Å². The number of rotatable bonds is 3. The maximum absolute atomic E-state index is 8.98. The largest absolute Gasteiger partial charge is 0.395 e. The number of nitrogens with one attached hydrogen (secondary N) is 1. The Morgan fingerprint density at radius 3 is 2.31 bits per heavy atom. The molecule has 3 atom stereocenters. The average molecular weight is 185 g/mol. The zero-order valence-electron chi connectivity index (χ0n) is 9.09. The van der Waals surface area contributed by atoms with E-state index in [9.17, 15) is 0 Å². The van der Waals surface area contributed by atoms with E-state index < -0.39 is 0 Å². The topological polar surface area (TPSA) is 32.3 Å². The molecule has 1 saturated carbocycles. The van der Waals surface area contributed by atoms with E-state index in [0.717, 1.165) is 11.8 Å². The van der Waals surface area contributed by atoms with E-state index in [1.165, 1.54) is 19.3 Å². The molecule has 0 amide bonds. The van der Waals surface area contributed by atoms with Gasteiger partial charge in [0.15, 0.2) is 0 Å². The Kier molecular flexibility index (Phi) is 4.20. The van der Waals surface area contributed by atoms with E-state index >= 15 is 0 Å². The third-order valence-corrected chi connectivity index (χ3v) is 3.30. The predicted octanol–water partition coefficient (Wildman–Crippen LogP) is 1.78. The Morgan fingerprint density at radius 2 is 1.85 bits per heavy atom. The maximum Gasteiger partial charge on any atom is 0.0582 e. The first-order valence-electron chi connectivity index (χ1n) is 5.52. The smallest absolute Gasteiger partial charge is 0.0582 e. The molecule has 2 N–H and O–H groups in total. The highest BCUT2D eigenvalue weighted by molar-refractivity contribution is 4.84. The van der Waals surface area contributed by atoms with Crippen LogP contribution in [0.3, 0.4) is 0 Å². The van der Waals surface area contributed by atoms with Crippen LogP contribution in [-0.4, -0.2) is 23.8 Å². The maximum atomic E-state index is 8.98. The second-order valence-corrected chi connectivity index (χ2v) is 4.66. The molecule has 1 rings (SSSR count). The molecule has 1 aliphatic rings. The van der Waals surface area contributed by atoms with Crippen molar-refractivity contribution in [1.82, 2.24) is 5.32 Å². The van der Waals surface area contributed by atoms with Crippen molar-refractivity contribution < 1.29 is 5.11 Å². The van der Waals surface area contributed by atoms with Crippen LogP contribution in [0.15, 0.2) is 0 Å². The zero-order valence-corrected chi connectivity index (χ0v) is 9.09. The van der Waals surface area contributed by atoms with Gasteiger partial charge in [-0.05, 0) is 31.6 Å². The molecule has 0 spiro atoms. The molecular formula is C11H23NO. The van der Waals surface area contributed by atoms with Crippen LogP contribution in [-0.2, 0) is 0 Å². The quantitative estimate of drug-likeness (QED) is 0.702. The van der Waals surface area contributed by atoms with Gasteiger partial charge in [-0.1, -0.05) is 20.3 Å². The van der Waals surface area contributed by atoms with Crippen LogP contribution in [0.25, 0.3) is 0 Å². The zero-order chi connectivity index (χ0) is 9.84. The van der Waals surface area contributed by atoms with Gasteiger partial charge in [0.05, 0.1) is 6.61 Å². The van der Waals surface area contributed by atoms with Gasteiger partial charge in [-0.3, -0.25) is 0 Å². The summed E-state index contributed by atoms with van der Waals surface area (Å²) in [4.78, 5) is 0. The van der Waals surface area contributed by atoms with Gasteiger partial charge in [0, 0.05) is 12.1 Å². The number of aliphatic hydroxyl groups excluding tert-OH is 1. The van der Waals surface area contributed by atoms with Crippen molar-refractivity contribution in [2.75, 3.05) is 6.61 Å².